The Bertz CT molecular complexity index is 550. The molecule has 0 spiro atoms. The molecule has 0 aromatic heterocycles. The van der Waals surface area contributed by atoms with Gasteiger partial charge in [-0.1, -0.05) is 11.6 Å². The fourth-order valence-electron chi connectivity index (χ4n) is 2.23. The Kier molecular flexibility index (Phi) is 5.24. The van der Waals surface area contributed by atoms with Crippen molar-refractivity contribution in [1.29, 1.82) is 5.26 Å². The van der Waals surface area contributed by atoms with Crippen molar-refractivity contribution in [3.8, 4) is 6.07 Å². The molecule has 0 radical (unpaired) electrons. The summed E-state index contributed by atoms with van der Waals surface area (Å²) in [6.45, 7) is 4.65. The van der Waals surface area contributed by atoms with E-state index in [-0.39, 0.29) is 11.9 Å². The summed E-state index contributed by atoms with van der Waals surface area (Å²) in [5.41, 5.74) is 0.653. The monoisotopic (exact) mass is 403 g/mol. The van der Waals surface area contributed by atoms with E-state index in [1.54, 1.807) is 12.1 Å². The average molecular weight is 404 g/mol. The first-order chi connectivity index (χ1) is 9.52. The Labute approximate surface area is 137 Å². The molecule has 1 aliphatic rings. The fraction of sp³-hybridized carbons (Fsp3) is 0.429. The van der Waals surface area contributed by atoms with Crippen molar-refractivity contribution in [2.45, 2.75) is 13.0 Å². The summed E-state index contributed by atoms with van der Waals surface area (Å²) in [7, 11) is 0. The van der Waals surface area contributed by atoms with Gasteiger partial charge in [0.25, 0.3) is 5.91 Å². The van der Waals surface area contributed by atoms with Crippen LogP contribution in [0.2, 0.25) is 5.02 Å². The highest BCUT2D eigenvalue weighted by molar-refractivity contribution is 14.1. The van der Waals surface area contributed by atoms with Crippen molar-refractivity contribution in [2.24, 2.45) is 0 Å². The highest BCUT2D eigenvalue weighted by atomic mass is 127. The second kappa shape index (κ2) is 6.74. The number of rotatable bonds is 2. The van der Waals surface area contributed by atoms with Gasteiger partial charge in [-0.25, -0.2) is 0 Å². The molecule has 106 valence electrons. The molecule has 2 rings (SSSR count). The van der Waals surface area contributed by atoms with E-state index < -0.39 is 0 Å². The Balaban J connectivity index is 2.05. The Morgan fingerprint density at radius 3 is 2.65 bits per heavy atom. The van der Waals surface area contributed by atoms with Gasteiger partial charge < -0.3 is 4.90 Å². The normalized spacial score (nSPS) is 17.6. The van der Waals surface area contributed by atoms with Crippen LogP contribution in [0.1, 0.15) is 17.3 Å². The van der Waals surface area contributed by atoms with Crippen LogP contribution in [0, 0.1) is 14.9 Å². The summed E-state index contributed by atoms with van der Waals surface area (Å²) in [5.74, 6) is 0.0150. The largest absolute Gasteiger partial charge is 0.336 e. The lowest BCUT2D eigenvalue weighted by Gasteiger charge is -2.36. The number of hydrogen-bond donors (Lipinski definition) is 0. The summed E-state index contributed by atoms with van der Waals surface area (Å²) >= 11 is 8.11. The Morgan fingerprint density at radius 1 is 1.40 bits per heavy atom. The van der Waals surface area contributed by atoms with Gasteiger partial charge in [0.1, 0.15) is 0 Å². The molecule has 1 aliphatic heterocycles. The number of hydrogen-bond acceptors (Lipinski definition) is 3. The third-order valence-corrected chi connectivity index (χ3v) is 4.67. The quantitative estimate of drug-likeness (QED) is 0.713. The SMILES string of the molecule is CC(C#N)N1CCN(C(=O)c2cc(Cl)ccc2I)CC1. The van der Waals surface area contributed by atoms with Crippen molar-refractivity contribution in [2.75, 3.05) is 26.2 Å². The van der Waals surface area contributed by atoms with E-state index in [1.165, 1.54) is 0 Å². The molecular formula is C14H15ClIN3O. The molecule has 0 aliphatic carbocycles. The number of benzene rings is 1. The van der Waals surface area contributed by atoms with Crippen LogP contribution in [-0.4, -0.2) is 47.9 Å². The van der Waals surface area contributed by atoms with Crippen LogP contribution in [0.4, 0.5) is 0 Å². The van der Waals surface area contributed by atoms with Gasteiger partial charge in [0.15, 0.2) is 0 Å². The number of carbonyl (C=O) groups excluding carboxylic acids is 1. The van der Waals surface area contributed by atoms with Gasteiger partial charge in [-0.15, -0.1) is 0 Å². The van der Waals surface area contributed by atoms with Gasteiger partial charge in [-0.05, 0) is 47.7 Å². The molecule has 1 aromatic rings. The molecule has 1 heterocycles. The predicted octanol–water partition coefficient (Wildman–Crippen LogP) is 2.61. The lowest BCUT2D eigenvalue weighted by Crippen LogP contribution is -2.51. The minimum absolute atomic E-state index is 0.0150. The summed E-state index contributed by atoms with van der Waals surface area (Å²) in [4.78, 5) is 16.4. The number of amides is 1. The molecular weight excluding hydrogens is 389 g/mol. The maximum atomic E-state index is 12.5. The highest BCUT2D eigenvalue weighted by Crippen LogP contribution is 2.20. The molecule has 6 heteroatoms. The first-order valence-corrected chi connectivity index (χ1v) is 7.86. The first-order valence-electron chi connectivity index (χ1n) is 6.41. The smallest absolute Gasteiger partial charge is 0.255 e. The topological polar surface area (TPSA) is 47.3 Å². The number of carbonyl (C=O) groups is 1. The zero-order valence-electron chi connectivity index (χ0n) is 11.1. The molecule has 0 saturated carbocycles. The number of piperazine rings is 1. The number of nitrogens with zero attached hydrogens (tertiary/aromatic N) is 3. The number of nitriles is 1. The van der Waals surface area contributed by atoms with Crippen LogP contribution in [0.15, 0.2) is 18.2 Å². The molecule has 1 atom stereocenters. The molecule has 0 bridgehead atoms. The zero-order chi connectivity index (χ0) is 14.7. The zero-order valence-corrected chi connectivity index (χ0v) is 14.1. The first kappa shape index (κ1) is 15.5. The Hall–Kier alpha value is -0.840. The molecule has 4 nitrogen and oxygen atoms in total. The van der Waals surface area contributed by atoms with Crippen LogP contribution < -0.4 is 0 Å². The van der Waals surface area contributed by atoms with Gasteiger partial charge >= 0.3 is 0 Å². The van der Waals surface area contributed by atoms with Gasteiger partial charge in [0, 0.05) is 34.8 Å². The van der Waals surface area contributed by atoms with Gasteiger partial charge in [0.05, 0.1) is 17.7 Å². The van der Waals surface area contributed by atoms with E-state index in [4.69, 9.17) is 16.9 Å². The van der Waals surface area contributed by atoms with E-state index in [0.29, 0.717) is 23.7 Å². The molecule has 1 amide bonds. The van der Waals surface area contributed by atoms with Crippen molar-refractivity contribution in [3.63, 3.8) is 0 Å². The van der Waals surface area contributed by atoms with E-state index in [9.17, 15) is 4.79 Å². The van der Waals surface area contributed by atoms with Gasteiger partial charge in [0.2, 0.25) is 0 Å². The molecule has 0 N–H and O–H groups in total. The van der Waals surface area contributed by atoms with E-state index in [0.717, 1.165) is 16.7 Å². The maximum Gasteiger partial charge on any atom is 0.255 e. The van der Waals surface area contributed by atoms with Crippen LogP contribution in [0.5, 0.6) is 0 Å². The lowest BCUT2D eigenvalue weighted by atomic mass is 10.1. The van der Waals surface area contributed by atoms with Crippen LogP contribution >= 0.6 is 34.2 Å². The maximum absolute atomic E-state index is 12.5. The third kappa shape index (κ3) is 3.43. The standard InChI is InChI=1S/C14H15ClIN3O/c1-10(9-17)18-4-6-19(7-5-18)14(20)12-8-11(15)2-3-13(12)16/h2-3,8,10H,4-7H2,1H3. The second-order valence-electron chi connectivity index (χ2n) is 4.76. The average Bonchev–Trinajstić information content (AvgIpc) is 2.48. The predicted molar refractivity (Wildman–Crippen MR) is 86.7 cm³/mol. The fourth-order valence-corrected chi connectivity index (χ4v) is 2.96. The summed E-state index contributed by atoms with van der Waals surface area (Å²) < 4.78 is 0.907. The van der Waals surface area contributed by atoms with Crippen molar-refractivity contribution in [3.05, 3.63) is 32.4 Å². The summed E-state index contributed by atoms with van der Waals surface area (Å²) in [6.07, 6.45) is 0. The van der Waals surface area contributed by atoms with Crippen LogP contribution in [-0.2, 0) is 0 Å². The minimum atomic E-state index is -0.0986. The van der Waals surface area contributed by atoms with Gasteiger partial charge in [-0.3, -0.25) is 9.69 Å². The lowest BCUT2D eigenvalue weighted by molar-refractivity contribution is 0.0614. The summed E-state index contributed by atoms with van der Waals surface area (Å²) in [5, 5.41) is 9.49. The molecule has 1 unspecified atom stereocenters. The van der Waals surface area contributed by atoms with Crippen molar-refractivity contribution >= 4 is 40.1 Å². The molecule has 20 heavy (non-hydrogen) atoms. The second-order valence-corrected chi connectivity index (χ2v) is 6.36. The van der Waals surface area contributed by atoms with Crippen molar-refractivity contribution < 1.29 is 4.79 Å². The molecule has 1 saturated heterocycles. The van der Waals surface area contributed by atoms with Crippen LogP contribution in [0.25, 0.3) is 0 Å². The third-order valence-electron chi connectivity index (χ3n) is 3.49. The molecule has 1 fully saturated rings. The molecule has 1 aromatic carbocycles. The van der Waals surface area contributed by atoms with Crippen molar-refractivity contribution in [1.82, 2.24) is 9.80 Å². The highest BCUT2D eigenvalue weighted by Gasteiger charge is 2.25. The van der Waals surface area contributed by atoms with E-state index >= 15 is 0 Å². The van der Waals surface area contributed by atoms with E-state index in [2.05, 4.69) is 33.6 Å². The van der Waals surface area contributed by atoms with Gasteiger partial charge in [-0.2, -0.15) is 5.26 Å². The minimum Gasteiger partial charge on any atom is -0.336 e. The van der Waals surface area contributed by atoms with Crippen LogP contribution in [0.3, 0.4) is 0 Å². The van der Waals surface area contributed by atoms with E-state index in [1.807, 2.05) is 17.9 Å². The summed E-state index contributed by atoms with van der Waals surface area (Å²) in [6, 6.07) is 7.49. The number of halogens is 2. The Morgan fingerprint density at radius 2 is 2.05 bits per heavy atom.